The van der Waals surface area contributed by atoms with E-state index in [0.29, 0.717) is 71.0 Å². The van der Waals surface area contributed by atoms with Crippen LogP contribution in [0.15, 0.2) is 42.5 Å². The summed E-state index contributed by atoms with van der Waals surface area (Å²) in [5.74, 6) is 0.395. The van der Waals surface area contributed by atoms with Gasteiger partial charge in [0.05, 0.1) is 16.5 Å². The summed E-state index contributed by atoms with van der Waals surface area (Å²) in [5.41, 5.74) is 26.4. The van der Waals surface area contributed by atoms with Crippen LogP contribution in [-0.2, 0) is 4.79 Å². The van der Waals surface area contributed by atoms with Gasteiger partial charge in [0.15, 0.2) is 5.78 Å². The Labute approximate surface area is 259 Å². The first-order valence-electron chi connectivity index (χ1n) is 14.0. The number of ketones is 1. The number of nitrogens with one attached hydrogen (secondary N) is 2. The van der Waals surface area contributed by atoms with Crippen LogP contribution in [0.3, 0.4) is 0 Å². The van der Waals surface area contributed by atoms with Crippen LogP contribution in [0.2, 0.25) is 10.0 Å². The van der Waals surface area contributed by atoms with Crippen molar-refractivity contribution in [2.75, 3.05) is 46.6 Å². The Morgan fingerprint density at radius 1 is 0.744 bits per heavy atom. The van der Waals surface area contributed by atoms with Crippen molar-refractivity contribution in [1.29, 1.82) is 0 Å². The molecule has 43 heavy (non-hydrogen) atoms. The summed E-state index contributed by atoms with van der Waals surface area (Å²) in [7, 11) is 0. The Balaban J connectivity index is 1.30. The fourth-order valence-corrected chi connectivity index (χ4v) is 5.57. The Kier molecular flexibility index (Phi) is 9.59. The highest BCUT2D eigenvalue weighted by molar-refractivity contribution is 6.42. The molecule has 0 bridgehead atoms. The second-order valence-corrected chi connectivity index (χ2v) is 11.9. The van der Waals surface area contributed by atoms with Crippen LogP contribution in [-0.4, -0.2) is 77.0 Å². The molecule has 0 unspecified atom stereocenters. The van der Waals surface area contributed by atoms with Crippen LogP contribution in [0.5, 0.6) is 0 Å². The van der Waals surface area contributed by atoms with Gasteiger partial charge in [-0.25, -0.2) is 0 Å². The van der Waals surface area contributed by atoms with E-state index in [4.69, 9.17) is 51.1 Å². The molecule has 13 nitrogen and oxygen atoms in total. The van der Waals surface area contributed by atoms with Crippen molar-refractivity contribution in [3.8, 4) is 0 Å². The fraction of sp³-hybridized carbons (Fsp3) is 0.393. The number of carbonyl (C=O) groups excluding carboxylic acids is 2. The second-order valence-electron chi connectivity index (χ2n) is 11.1. The molecule has 2 fully saturated rings. The van der Waals surface area contributed by atoms with Crippen molar-refractivity contribution in [1.82, 2.24) is 15.0 Å². The molecule has 0 saturated carbocycles. The summed E-state index contributed by atoms with van der Waals surface area (Å²) in [6.45, 7) is 2.24. The highest BCUT2D eigenvalue weighted by Crippen LogP contribution is 2.26. The lowest BCUT2D eigenvalue weighted by atomic mass is 10.0. The van der Waals surface area contributed by atoms with Gasteiger partial charge in [0, 0.05) is 67.3 Å². The number of Topliss-reactive ketones (excluding diaryl/α,β-unsaturated/α-hetero) is 1. The number of carbonyl (C=O) groups is 2. The number of anilines is 5. The number of aromatic nitrogens is 3. The second kappa shape index (κ2) is 13.4. The number of nitrogens with two attached hydrogens (primary N) is 4. The number of halogens is 2. The lowest BCUT2D eigenvalue weighted by Crippen LogP contribution is -2.54. The molecule has 15 heteroatoms. The average Bonchev–Trinajstić information content (AvgIpc) is 2.94. The lowest BCUT2D eigenvalue weighted by Gasteiger charge is -2.37. The van der Waals surface area contributed by atoms with Crippen molar-refractivity contribution in [3.63, 3.8) is 0 Å². The van der Waals surface area contributed by atoms with Gasteiger partial charge in [-0.2, -0.15) is 15.0 Å². The molecule has 4 atom stereocenters. The third kappa shape index (κ3) is 8.07. The van der Waals surface area contributed by atoms with Crippen LogP contribution in [0.4, 0.5) is 29.2 Å². The van der Waals surface area contributed by atoms with E-state index >= 15 is 0 Å². The monoisotopic (exact) mass is 627 g/mol. The molecule has 3 aromatic rings. The van der Waals surface area contributed by atoms with Crippen LogP contribution in [0, 0.1) is 0 Å². The van der Waals surface area contributed by atoms with Gasteiger partial charge in [-0.3, -0.25) is 9.59 Å². The smallest absolute Gasteiger partial charge is 0.233 e. The maximum Gasteiger partial charge on any atom is 0.233 e. The molecule has 2 aliphatic heterocycles. The Morgan fingerprint density at radius 2 is 1.26 bits per heavy atom. The standard InChI is InChI=1S/C28H35Cl2N11O2/c29-22-6-5-21(9-23(22)30)35-25(43)10-24(42)15-1-3-20(4-2-15)36-26-37-27(40-11-16(31)7-17(32)12-40)39-28(38-26)41-13-18(33)8-19(34)14-41/h1-6,9,16-19H,7-8,10-14,31-34H2,(H,35,43)(H,36,37,38,39)/t16-,17+,18-,19+. The third-order valence-corrected chi connectivity index (χ3v) is 7.93. The summed E-state index contributed by atoms with van der Waals surface area (Å²) < 4.78 is 0. The number of nitrogens with zero attached hydrogens (tertiary/aromatic N) is 5. The minimum absolute atomic E-state index is 0.103. The summed E-state index contributed by atoms with van der Waals surface area (Å²) in [6.07, 6.45) is 1.10. The maximum atomic E-state index is 12.8. The normalized spacial score (nSPS) is 22.3. The van der Waals surface area contributed by atoms with E-state index in [-0.39, 0.29) is 36.4 Å². The topological polar surface area (TPSA) is 207 Å². The zero-order valence-corrected chi connectivity index (χ0v) is 24.9. The van der Waals surface area contributed by atoms with Crippen molar-refractivity contribution >= 4 is 64.1 Å². The van der Waals surface area contributed by atoms with Crippen molar-refractivity contribution in [2.45, 2.75) is 43.4 Å². The summed E-state index contributed by atoms with van der Waals surface area (Å²) in [4.78, 5) is 43.2. The molecule has 2 saturated heterocycles. The number of benzene rings is 2. The number of hydrogen-bond acceptors (Lipinski definition) is 12. The van der Waals surface area contributed by atoms with E-state index in [1.807, 2.05) is 9.80 Å². The van der Waals surface area contributed by atoms with Crippen molar-refractivity contribution < 1.29 is 9.59 Å². The van der Waals surface area contributed by atoms with Gasteiger partial charge in [-0.15, -0.1) is 0 Å². The first-order valence-corrected chi connectivity index (χ1v) is 14.7. The van der Waals surface area contributed by atoms with Gasteiger partial charge in [-0.1, -0.05) is 23.2 Å². The molecule has 0 radical (unpaired) electrons. The van der Waals surface area contributed by atoms with E-state index in [9.17, 15) is 9.59 Å². The van der Waals surface area contributed by atoms with Crippen LogP contribution in [0.1, 0.15) is 29.6 Å². The Hall–Kier alpha value is -3.59. The molecule has 2 aromatic carbocycles. The van der Waals surface area contributed by atoms with Gasteiger partial charge in [0.25, 0.3) is 0 Å². The molecule has 2 aliphatic rings. The molecular weight excluding hydrogens is 593 g/mol. The number of rotatable bonds is 8. The highest BCUT2D eigenvalue weighted by atomic mass is 35.5. The van der Waals surface area contributed by atoms with Gasteiger partial charge < -0.3 is 43.4 Å². The first kappa shape index (κ1) is 30.9. The summed E-state index contributed by atoms with van der Waals surface area (Å²) in [6, 6.07) is 11.0. The average molecular weight is 629 g/mol. The van der Waals surface area contributed by atoms with E-state index < -0.39 is 5.91 Å². The molecule has 228 valence electrons. The van der Waals surface area contributed by atoms with Gasteiger partial charge in [-0.05, 0) is 55.3 Å². The molecular formula is C28H35Cl2N11O2. The van der Waals surface area contributed by atoms with Gasteiger partial charge in [0.2, 0.25) is 23.8 Å². The molecule has 1 amide bonds. The molecule has 0 aliphatic carbocycles. The Morgan fingerprint density at radius 3 is 1.77 bits per heavy atom. The number of hydrogen-bond donors (Lipinski definition) is 6. The zero-order valence-electron chi connectivity index (χ0n) is 23.4. The SMILES string of the molecule is N[C@@H]1C[C@H](N)CN(c2nc(Nc3ccc(C(=O)CC(=O)Nc4ccc(Cl)c(Cl)c4)cc3)nc(N3C[C@H](N)C[C@H](N)C3)n2)C1. The number of piperidine rings is 2. The highest BCUT2D eigenvalue weighted by Gasteiger charge is 2.29. The maximum absolute atomic E-state index is 12.8. The van der Waals surface area contributed by atoms with Crippen molar-refractivity contribution in [3.05, 3.63) is 58.1 Å². The largest absolute Gasteiger partial charge is 0.338 e. The fourth-order valence-electron chi connectivity index (χ4n) is 5.27. The van der Waals surface area contributed by atoms with Crippen LogP contribution >= 0.6 is 23.2 Å². The number of amides is 1. The van der Waals surface area contributed by atoms with Crippen LogP contribution in [0.25, 0.3) is 0 Å². The Bertz CT molecular complexity index is 1410. The van der Waals surface area contributed by atoms with Crippen molar-refractivity contribution in [2.24, 2.45) is 22.9 Å². The molecule has 0 spiro atoms. The lowest BCUT2D eigenvalue weighted by molar-refractivity contribution is -0.115. The third-order valence-electron chi connectivity index (χ3n) is 7.20. The minimum Gasteiger partial charge on any atom is -0.338 e. The van der Waals surface area contributed by atoms with E-state index in [0.717, 1.165) is 12.8 Å². The molecule has 10 N–H and O–H groups in total. The van der Waals surface area contributed by atoms with E-state index in [2.05, 4.69) is 20.6 Å². The predicted octanol–water partition coefficient (Wildman–Crippen LogP) is 1.86. The quantitative estimate of drug-likeness (QED) is 0.156. The van der Waals surface area contributed by atoms with Crippen LogP contribution < -0.4 is 43.4 Å². The molecule has 1 aromatic heterocycles. The van der Waals surface area contributed by atoms with E-state index in [1.54, 1.807) is 36.4 Å². The first-order chi connectivity index (χ1) is 20.5. The zero-order chi connectivity index (χ0) is 30.7. The molecule has 3 heterocycles. The molecule has 5 rings (SSSR count). The van der Waals surface area contributed by atoms with E-state index in [1.165, 1.54) is 6.07 Å². The van der Waals surface area contributed by atoms with Gasteiger partial charge in [0.1, 0.15) is 0 Å². The summed E-state index contributed by atoms with van der Waals surface area (Å²) >= 11 is 11.9. The minimum atomic E-state index is -0.467. The summed E-state index contributed by atoms with van der Waals surface area (Å²) in [5, 5.41) is 6.53. The predicted molar refractivity (Wildman–Crippen MR) is 169 cm³/mol. The van der Waals surface area contributed by atoms with Gasteiger partial charge >= 0.3 is 0 Å².